The lowest BCUT2D eigenvalue weighted by molar-refractivity contribution is -0.142. The van der Waals surface area contributed by atoms with Crippen molar-refractivity contribution in [1.29, 1.82) is 0 Å². The van der Waals surface area contributed by atoms with Crippen LogP contribution in [0, 0.1) is 0 Å². The largest absolute Gasteiger partial charge is 0.368 e. The third kappa shape index (κ3) is 6.17. The van der Waals surface area contributed by atoms with Gasteiger partial charge in [-0.2, -0.15) is 0 Å². The monoisotopic (exact) mass is 430 g/mol. The number of amides is 3. The van der Waals surface area contributed by atoms with Gasteiger partial charge in [0.25, 0.3) is 11.8 Å². The van der Waals surface area contributed by atoms with Gasteiger partial charge in [0.05, 0.1) is 6.54 Å². The fourth-order valence-corrected chi connectivity index (χ4v) is 3.67. The predicted octanol–water partition coefficient (Wildman–Crippen LogP) is -0.700. The minimum absolute atomic E-state index is 0.0973. The summed E-state index contributed by atoms with van der Waals surface area (Å²) in [5, 5.41) is 5.79. The number of primary amides is 1. The van der Waals surface area contributed by atoms with Crippen LogP contribution in [-0.4, -0.2) is 86.0 Å². The highest BCUT2D eigenvalue weighted by molar-refractivity contribution is 5.96. The number of piperazine rings is 1. The zero-order chi connectivity index (χ0) is 22.2. The Hall–Kier alpha value is -3.14. The van der Waals surface area contributed by atoms with Crippen molar-refractivity contribution in [3.8, 4) is 0 Å². The molecule has 2 aliphatic heterocycles. The average Bonchev–Trinajstić information content (AvgIpc) is 3.33. The molecular formula is C21H30N6O4. The van der Waals surface area contributed by atoms with Gasteiger partial charge in [0.15, 0.2) is 5.96 Å². The predicted molar refractivity (Wildman–Crippen MR) is 115 cm³/mol. The fourth-order valence-electron chi connectivity index (χ4n) is 3.67. The van der Waals surface area contributed by atoms with Crippen LogP contribution in [0.1, 0.15) is 28.8 Å². The van der Waals surface area contributed by atoms with Crippen molar-refractivity contribution in [3.63, 3.8) is 0 Å². The number of guanidine groups is 1. The Morgan fingerprint density at radius 1 is 1.10 bits per heavy atom. The molecule has 4 N–H and O–H groups in total. The molecule has 168 valence electrons. The summed E-state index contributed by atoms with van der Waals surface area (Å²) < 4.78 is 5.51. The summed E-state index contributed by atoms with van der Waals surface area (Å²) in [6, 6.07) is 7.09. The number of hydrogen-bond acceptors (Lipinski definition) is 5. The molecule has 0 spiro atoms. The van der Waals surface area contributed by atoms with Crippen LogP contribution < -0.4 is 16.4 Å². The number of carbonyl (C=O) groups is 3. The van der Waals surface area contributed by atoms with E-state index in [2.05, 4.69) is 20.5 Å². The highest BCUT2D eigenvalue weighted by atomic mass is 16.5. The van der Waals surface area contributed by atoms with Gasteiger partial charge in [0.1, 0.15) is 6.10 Å². The summed E-state index contributed by atoms with van der Waals surface area (Å²) in [6.45, 7) is 3.74. The maximum atomic E-state index is 12.5. The van der Waals surface area contributed by atoms with Gasteiger partial charge in [-0.1, -0.05) is 12.1 Å². The Kier molecular flexibility index (Phi) is 7.82. The van der Waals surface area contributed by atoms with Crippen molar-refractivity contribution in [2.75, 3.05) is 46.4 Å². The summed E-state index contributed by atoms with van der Waals surface area (Å²) >= 11 is 0. The first kappa shape index (κ1) is 22.5. The number of carbonyl (C=O) groups excluding carboxylic acids is 3. The van der Waals surface area contributed by atoms with Crippen LogP contribution in [-0.2, 0) is 20.9 Å². The lowest BCUT2D eigenvalue weighted by atomic mass is 10.1. The number of nitrogens with one attached hydrogen (secondary N) is 2. The number of rotatable bonds is 6. The summed E-state index contributed by atoms with van der Waals surface area (Å²) in [7, 11) is 1.73. The van der Waals surface area contributed by atoms with E-state index in [4.69, 9.17) is 10.5 Å². The molecule has 0 aromatic heterocycles. The number of hydrogen-bond donors (Lipinski definition) is 3. The van der Waals surface area contributed by atoms with E-state index in [0.29, 0.717) is 44.9 Å². The van der Waals surface area contributed by atoms with Gasteiger partial charge in [-0.25, -0.2) is 0 Å². The molecule has 1 unspecified atom stereocenters. The van der Waals surface area contributed by atoms with E-state index in [0.717, 1.165) is 24.4 Å². The Bertz CT molecular complexity index is 812. The summed E-state index contributed by atoms with van der Waals surface area (Å²) in [5.74, 6) is -0.0605. The summed E-state index contributed by atoms with van der Waals surface area (Å²) in [5.41, 5.74) is 6.48. The molecule has 2 aliphatic rings. The number of aliphatic imine (C=N–C) groups is 1. The minimum Gasteiger partial charge on any atom is -0.368 e. The quantitative estimate of drug-likeness (QED) is 0.404. The van der Waals surface area contributed by atoms with Crippen molar-refractivity contribution in [2.24, 2.45) is 10.7 Å². The number of nitrogens with zero attached hydrogens (tertiary/aromatic N) is 3. The van der Waals surface area contributed by atoms with Gasteiger partial charge in [-0.3, -0.25) is 19.4 Å². The zero-order valence-electron chi connectivity index (χ0n) is 17.8. The third-order valence-corrected chi connectivity index (χ3v) is 5.40. The van der Waals surface area contributed by atoms with E-state index < -0.39 is 5.91 Å². The molecular weight excluding hydrogens is 400 g/mol. The molecule has 10 heteroatoms. The second-order valence-corrected chi connectivity index (χ2v) is 7.56. The standard InChI is InChI=1S/C21H30N6O4/c1-23-21(27-10-8-26(9-11-27)20(30)17-3-2-12-31-17)25-13-15-4-6-16(7-5-15)19(29)24-14-18(22)28/h4-7,17H,2-3,8-14H2,1H3,(H2,22,28)(H,23,25)(H,24,29). The Morgan fingerprint density at radius 3 is 2.35 bits per heavy atom. The first-order valence-corrected chi connectivity index (χ1v) is 10.5. The van der Waals surface area contributed by atoms with Crippen LogP contribution in [0.15, 0.2) is 29.3 Å². The molecule has 0 saturated carbocycles. The van der Waals surface area contributed by atoms with Crippen LogP contribution in [0.4, 0.5) is 0 Å². The Labute approximate surface area is 181 Å². The van der Waals surface area contributed by atoms with E-state index in [1.807, 2.05) is 17.0 Å². The minimum atomic E-state index is -0.586. The molecule has 3 amide bonds. The summed E-state index contributed by atoms with van der Waals surface area (Å²) in [6.07, 6.45) is 1.49. The lowest BCUT2D eigenvalue weighted by Gasteiger charge is -2.37. The fraction of sp³-hybridized carbons (Fsp3) is 0.524. The van der Waals surface area contributed by atoms with Crippen LogP contribution in [0.25, 0.3) is 0 Å². The highest BCUT2D eigenvalue weighted by Gasteiger charge is 2.30. The summed E-state index contributed by atoms with van der Waals surface area (Å²) in [4.78, 5) is 43.6. The van der Waals surface area contributed by atoms with Crippen molar-refractivity contribution < 1.29 is 19.1 Å². The van der Waals surface area contributed by atoms with Crippen molar-refractivity contribution in [3.05, 3.63) is 35.4 Å². The van der Waals surface area contributed by atoms with Gasteiger partial charge in [-0.05, 0) is 30.5 Å². The molecule has 0 radical (unpaired) electrons. The maximum Gasteiger partial charge on any atom is 0.251 e. The second kappa shape index (κ2) is 10.8. The number of nitrogens with two attached hydrogens (primary N) is 1. The third-order valence-electron chi connectivity index (χ3n) is 5.40. The molecule has 2 saturated heterocycles. The zero-order valence-corrected chi connectivity index (χ0v) is 17.8. The molecule has 3 rings (SSSR count). The molecule has 1 atom stereocenters. The maximum absolute atomic E-state index is 12.5. The van der Waals surface area contributed by atoms with E-state index in [-0.39, 0.29) is 24.5 Å². The molecule has 1 aromatic carbocycles. The van der Waals surface area contributed by atoms with E-state index in [1.165, 1.54) is 0 Å². The average molecular weight is 431 g/mol. The number of benzene rings is 1. The van der Waals surface area contributed by atoms with E-state index in [1.54, 1.807) is 19.2 Å². The molecule has 0 aliphatic carbocycles. The van der Waals surface area contributed by atoms with Gasteiger partial charge in [0, 0.05) is 51.9 Å². The normalized spacial score (nSPS) is 19.3. The van der Waals surface area contributed by atoms with Gasteiger partial charge >= 0.3 is 0 Å². The van der Waals surface area contributed by atoms with Crippen LogP contribution in [0.2, 0.25) is 0 Å². The lowest BCUT2D eigenvalue weighted by Crippen LogP contribution is -2.55. The van der Waals surface area contributed by atoms with Crippen molar-refractivity contribution in [2.45, 2.75) is 25.5 Å². The van der Waals surface area contributed by atoms with Crippen molar-refractivity contribution >= 4 is 23.7 Å². The molecule has 31 heavy (non-hydrogen) atoms. The molecule has 2 fully saturated rings. The molecule has 1 aromatic rings. The smallest absolute Gasteiger partial charge is 0.251 e. The highest BCUT2D eigenvalue weighted by Crippen LogP contribution is 2.16. The van der Waals surface area contributed by atoms with E-state index in [9.17, 15) is 14.4 Å². The van der Waals surface area contributed by atoms with Crippen LogP contribution in [0.5, 0.6) is 0 Å². The molecule has 2 heterocycles. The molecule has 10 nitrogen and oxygen atoms in total. The number of ether oxygens (including phenoxy) is 1. The Balaban J connectivity index is 1.46. The first-order chi connectivity index (χ1) is 15.0. The first-order valence-electron chi connectivity index (χ1n) is 10.5. The van der Waals surface area contributed by atoms with E-state index >= 15 is 0 Å². The van der Waals surface area contributed by atoms with Gasteiger partial charge in [-0.15, -0.1) is 0 Å². The Morgan fingerprint density at radius 2 is 1.77 bits per heavy atom. The van der Waals surface area contributed by atoms with Gasteiger partial charge < -0.3 is 30.9 Å². The van der Waals surface area contributed by atoms with Crippen LogP contribution >= 0.6 is 0 Å². The topological polar surface area (TPSA) is 129 Å². The van der Waals surface area contributed by atoms with Crippen molar-refractivity contribution in [1.82, 2.24) is 20.4 Å². The SMILES string of the molecule is CN=C(NCc1ccc(C(=O)NCC(N)=O)cc1)N1CCN(C(=O)C2CCCO2)CC1. The molecule has 0 bridgehead atoms. The second-order valence-electron chi connectivity index (χ2n) is 7.56. The van der Waals surface area contributed by atoms with Crippen LogP contribution in [0.3, 0.4) is 0 Å². The van der Waals surface area contributed by atoms with Gasteiger partial charge in [0.2, 0.25) is 5.91 Å².